The van der Waals surface area contributed by atoms with Crippen LogP contribution in [0.4, 0.5) is 5.69 Å². The maximum atomic E-state index is 12.9. The average Bonchev–Trinajstić information content (AvgIpc) is 2.77. The molecule has 0 bridgehead atoms. The Morgan fingerprint density at radius 3 is 2.18 bits per heavy atom. The van der Waals surface area contributed by atoms with Gasteiger partial charge >= 0.3 is 0 Å². The fourth-order valence-electron chi connectivity index (χ4n) is 3.33. The molecule has 28 heavy (non-hydrogen) atoms. The van der Waals surface area contributed by atoms with Crippen molar-refractivity contribution in [2.24, 2.45) is 0 Å². The minimum Gasteiger partial charge on any atom is -0.497 e. The fourth-order valence-corrected chi connectivity index (χ4v) is 3.33. The zero-order valence-electron chi connectivity index (χ0n) is 16.8. The molecule has 1 fully saturated rings. The van der Waals surface area contributed by atoms with Crippen LogP contribution < -0.4 is 19.1 Å². The van der Waals surface area contributed by atoms with E-state index < -0.39 is 6.10 Å². The predicted octanol–water partition coefficient (Wildman–Crippen LogP) is 3.21. The van der Waals surface area contributed by atoms with E-state index in [0.717, 1.165) is 24.5 Å². The molecule has 0 aromatic heterocycles. The number of nitrogens with zero attached hydrogens (tertiary/aromatic N) is 2. The topological polar surface area (TPSA) is 51.2 Å². The van der Waals surface area contributed by atoms with Crippen molar-refractivity contribution in [3.05, 3.63) is 48.5 Å². The van der Waals surface area contributed by atoms with Crippen LogP contribution in [-0.2, 0) is 4.79 Å². The molecule has 2 aromatic carbocycles. The van der Waals surface area contributed by atoms with Gasteiger partial charge in [0.05, 0.1) is 14.2 Å². The Morgan fingerprint density at radius 2 is 1.57 bits per heavy atom. The van der Waals surface area contributed by atoms with Crippen LogP contribution in [0, 0.1) is 0 Å². The highest BCUT2D eigenvalue weighted by molar-refractivity contribution is 5.81. The Labute approximate surface area is 166 Å². The minimum atomic E-state index is -0.486. The molecule has 1 saturated heterocycles. The number of hydrogen-bond donors (Lipinski definition) is 0. The normalized spacial score (nSPS) is 15.1. The van der Waals surface area contributed by atoms with Crippen LogP contribution in [0.25, 0.3) is 0 Å². The molecule has 0 aliphatic carbocycles. The van der Waals surface area contributed by atoms with Gasteiger partial charge in [0, 0.05) is 37.9 Å². The lowest BCUT2D eigenvalue weighted by atomic mass is 10.2. The van der Waals surface area contributed by atoms with Gasteiger partial charge in [-0.1, -0.05) is 13.0 Å². The third-order valence-corrected chi connectivity index (χ3v) is 4.99. The van der Waals surface area contributed by atoms with E-state index in [0.29, 0.717) is 31.0 Å². The second kappa shape index (κ2) is 9.35. The Morgan fingerprint density at radius 1 is 0.929 bits per heavy atom. The summed E-state index contributed by atoms with van der Waals surface area (Å²) in [6.45, 7) is 4.93. The Bertz CT molecular complexity index is 770. The third kappa shape index (κ3) is 4.68. The highest BCUT2D eigenvalue weighted by atomic mass is 16.5. The lowest BCUT2D eigenvalue weighted by Crippen LogP contribution is -2.52. The molecule has 1 aliphatic rings. The van der Waals surface area contributed by atoms with Gasteiger partial charge in [0.25, 0.3) is 5.91 Å². The first-order valence-corrected chi connectivity index (χ1v) is 9.63. The SMILES string of the molecule is CC[C@H](Oc1cccc(OC)c1)C(=O)N1CCN(c2ccc(OC)cc2)CC1. The maximum absolute atomic E-state index is 12.9. The van der Waals surface area contributed by atoms with Crippen molar-refractivity contribution in [3.8, 4) is 17.2 Å². The third-order valence-electron chi connectivity index (χ3n) is 4.99. The standard InChI is InChI=1S/C22H28N2O4/c1-4-21(28-20-7-5-6-19(16-20)27-3)22(25)24-14-12-23(13-15-24)17-8-10-18(26-2)11-9-17/h5-11,16,21H,4,12-15H2,1-3H3/t21-/m0/s1. The van der Waals surface area contributed by atoms with Crippen LogP contribution in [0.2, 0.25) is 0 Å². The first-order valence-electron chi connectivity index (χ1n) is 9.63. The molecular weight excluding hydrogens is 356 g/mol. The predicted molar refractivity (Wildman–Crippen MR) is 109 cm³/mol. The largest absolute Gasteiger partial charge is 0.497 e. The molecule has 6 heteroatoms. The van der Waals surface area contributed by atoms with E-state index in [4.69, 9.17) is 14.2 Å². The molecule has 0 spiro atoms. The maximum Gasteiger partial charge on any atom is 0.263 e. The molecule has 0 N–H and O–H groups in total. The Kier molecular flexibility index (Phi) is 6.63. The van der Waals surface area contributed by atoms with Gasteiger partial charge in [-0.25, -0.2) is 0 Å². The van der Waals surface area contributed by atoms with E-state index in [-0.39, 0.29) is 5.91 Å². The number of hydrogen-bond acceptors (Lipinski definition) is 5. The van der Waals surface area contributed by atoms with Gasteiger partial charge in [0.15, 0.2) is 6.10 Å². The summed E-state index contributed by atoms with van der Waals surface area (Å²) >= 11 is 0. The molecule has 1 heterocycles. The van der Waals surface area contributed by atoms with Crippen molar-refractivity contribution < 1.29 is 19.0 Å². The molecule has 0 unspecified atom stereocenters. The van der Waals surface area contributed by atoms with E-state index in [1.165, 1.54) is 0 Å². The molecule has 1 aliphatic heterocycles. The van der Waals surface area contributed by atoms with Gasteiger partial charge in [-0.2, -0.15) is 0 Å². The van der Waals surface area contributed by atoms with E-state index >= 15 is 0 Å². The summed E-state index contributed by atoms with van der Waals surface area (Å²) in [7, 11) is 3.28. The number of methoxy groups -OCH3 is 2. The Hall–Kier alpha value is -2.89. The van der Waals surface area contributed by atoms with Gasteiger partial charge in [-0.05, 0) is 42.8 Å². The zero-order valence-corrected chi connectivity index (χ0v) is 16.8. The van der Waals surface area contributed by atoms with Gasteiger partial charge in [0.1, 0.15) is 17.2 Å². The smallest absolute Gasteiger partial charge is 0.263 e. The second-order valence-corrected chi connectivity index (χ2v) is 6.70. The van der Waals surface area contributed by atoms with E-state index in [2.05, 4.69) is 17.0 Å². The van der Waals surface area contributed by atoms with Crippen LogP contribution >= 0.6 is 0 Å². The van der Waals surface area contributed by atoms with Crippen molar-refractivity contribution in [1.29, 1.82) is 0 Å². The average molecular weight is 384 g/mol. The molecule has 6 nitrogen and oxygen atoms in total. The number of piperazine rings is 1. The van der Waals surface area contributed by atoms with Crippen molar-refractivity contribution in [3.63, 3.8) is 0 Å². The van der Waals surface area contributed by atoms with Crippen LogP contribution in [0.5, 0.6) is 17.2 Å². The van der Waals surface area contributed by atoms with Crippen molar-refractivity contribution >= 4 is 11.6 Å². The van der Waals surface area contributed by atoms with Crippen LogP contribution in [0.3, 0.4) is 0 Å². The number of rotatable bonds is 7. The highest BCUT2D eigenvalue weighted by Crippen LogP contribution is 2.23. The molecular formula is C22H28N2O4. The second-order valence-electron chi connectivity index (χ2n) is 6.70. The quantitative estimate of drug-likeness (QED) is 0.734. The Balaban J connectivity index is 1.57. The van der Waals surface area contributed by atoms with E-state index in [9.17, 15) is 4.79 Å². The number of anilines is 1. The molecule has 150 valence electrons. The summed E-state index contributed by atoms with van der Waals surface area (Å²) in [6, 6.07) is 15.4. The van der Waals surface area contributed by atoms with Crippen molar-refractivity contribution in [2.75, 3.05) is 45.3 Å². The molecule has 0 saturated carbocycles. The zero-order chi connectivity index (χ0) is 19.9. The number of carbonyl (C=O) groups is 1. The van der Waals surface area contributed by atoms with Gasteiger partial charge in [0.2, 0.25) is 0 Å². The monoisotopic (exact) mass is 384 g/mol. The van der Waals surface area contributed by atoms with Crippen LogP contribution in [0.1, 0.15) is 13.3 Å². The lowest BCUT2D eigenvalue weighted by molar-refractivity contribution is -0.139. The first kappa shape index (κ1) is 19.9. The van der Waals surface area contributed by atoms with Gasteiger partial charge in [-0.15, -0.1) is 0 Å². The summed E-state index contributed by atoms with van der Waals surface area (Å²) in [5.74, 6) is 2.25. The molecule has 3 rings (SSSR count). The number of ether oxygens (including phenoxy) is 3. The van der Waals surface area contributed by atoms with E-state index in [1.807, 2.05) is 42.2 Å². The summed E-state index contributed by atoms with van der Waals surface area (Å²) in [6.07, 6.45) is 0.133. The van der Waals surface area contributed by atoms with E-state index in [1.54, 1.807) is 20.3 Å². The van der Waals surface area contributed by atoms with Crippen molar-refractivity contribution in [2.45, 2.75) is 19.4 Å². The summed E-state index contributed by atoms with van der Waals surface area (Å²) in [5.41, 5.74) is 1.15. The lowest BCUT2D eigenvalue weighted by Gasteiger charge is -2.37. The van der Waals surface area contributed by atoms with Gasteiger partial charge in [-0.3, -0.25) is 4.79 Å². The highest BCUT2D eigenvalue weighted by Gasteiger charge is 2.28. The molecule has 1 atom stereocenters. The minimum absolute atomic E-state index is 0.0414. The first-order chi connectivity index (χ1) is 13.6. The number of benzene rings is 2. The number of carbonyl (C=O) groups excluding carboxylic acids is 1. The van der Waals surface area contributed by atoms with Crippen LogP contribution in [-0.4, -0.2) is 57.3 Å². The molecule has 0 radical (unpaired) electrons. The van der Waals surface area contributed by atoms with Crippen LogP contribution in [0.15, 0.2) is 48.5 Å². The fraction of sp³-hybridized carbons (Fsp3) is 0.409. The summed E-state index contributed by atoms with van der Waals surface area (Å²) in [5, 5.41) is 0. The summed E-state index contributed by atoms with van der Waals surface area (Å²) in [4.78, 5) is 17.1. The number of amides is 1. The summed E-state index contributed by atoms with van der Waals surface area (Å²) < 4.78 is 16.4. The molecule has 2 aromatic rings. The van der Waals surface area contributed by atoms with Gasteiger partial charge < -0.3 is 24.0 Å². The van der Waals surface area contributed by atoms with Crippen molar-refractivity contribution in [1.82, 2.24) is 4.90 Å². The molecule has 1 amide bonds.